The normalized spacial score (nSPS) is 14.7. The van der Waals surface area contributed by atoms with Gasteiger partial charge in [-0.3, -0.25) is 9.47 Å². The highest BCUT2D eigenvalue weighted by molar-refractivity contribution is 5.98. The lowest BCUT2D eigenvalue weighted by Gasteiger charge is -2.22. The van der Waals surface area contributed by atoms with E-state index in [0.29, 0.717) is 11.6 Å². The number of carbonyl (C=O) groups excluding carboxylic acids is 1. The summed E-state index contributed by atoms with van der Waals surface area (Å²) in [7, 11) is 0. The zero-order valence-electron chi connectivity index (χ0n) is 11.9. The lowest BCUT2D eigenvalue weighted by molar-refractivity contribution is 0.0739. The summed E-state index contributed by atoms with van der Waals surface area (Å²) in [5.41, 5.74) is 1.49. The topological polar surface area (TPSA) is 51.3 Å². The summed E-state index contributed by atoms with van der Waals surface area (Å²) in [6.07, 6.45) is 3.47. The molecule has 0 atom stereocenters. The number of hydrogen-bond acceptors (Lipinski definition) is 2. The molecule has 0 aliphatic heterocycles. The second-order valence-electron chi connectivity index (χ2n) is 5.65. The van der Waals surface area contributed by atoms with Crippen molar-refractivity contribution in [3.05, 3.63) is 36.0 Å². The molecule has 0 bridgehead atoms. The summed E-state index contributed by atoms with van der Waals surface area (Å²) in [4.78, 5) is 14.7. The number of nitrogens with two attached hydrogens (primary N) is 1. The van der Waals surface area contributed by atoms with Gasteiger partial charge in [0.15, 0.2) is 0 Å². The number of rotatable bonds is 5. The quantitative estimate of drug-likeness (QED) is 0.850. The highest BCUT2D eigenvalue weighted by Gasteiger charge is 2.28. The fourth-order valence-electron chi connectivity index (χ4n) is 2.66. The number of para-hydroxylation sites is 1. The molecule has 4 nitrogen and oxygen atoms in total. The number of carbonyl (C=O) groups is 1. The van der Waals surface area contributed by atoms with Crippen LogP contribution in [0.5, 0.6) is 0 Å². The fraction of sp³-hybridized carbons (Fsp3) is 0.438. The van der Waals surface area contributed by atoms with Gasteiger partial charge in [-0.1, -0.05) is 25.1 Å². The van der Waals surface area contributed by atoms with E-state index in [-0.39, 0.29) is 5.91 Å². The average Bonchev–Trinajstić information content (AvgIpc) is 3.21. The van der Waals surface area contributed by atoms with E-state index in [1.807, 2.05) is 35.2 Å². The Bertz CT molecular complexity index is 628. The third kappa shape index (κ3) is 2.38. The summed E-state index contributed by atoms with van der Waals surface area (Å²) in [6.45, 7) is 3.77. The number of nitrogens with zero attached hydrogens (tertiary/aromatic N) is 2. The lowest BCUT2D eigenvalue weighted by atomic mass is 10.2. The van der Waals surface area contributed by atoms with E-state index >= 15 is 0 Å². The molecular weight excluding hydrogens is 250 g/mol. The smallest absolute Gasteiger partial charge is 0.272 e. The maximum atomic E-state index is 12.7. The van der Waals surface area contributed by atoms with Gasteiger partial charge in [0.25, 0.3) is 5.91 Å². The van der Waals surface area contributed by atoms with Gasteiger partial charge in [0, 0.05) is 18.5 Å². The first-order chi connectivity index (χ1) is 9.70. The van der Waals surface area contributed by atoms with Gasteiger partial charge in [0.05, 0.1) is 5.52 Å². The van der Waals surface area contributed by atoms with Crippen molar-refractivity contribution < 1.29 is 4.79 Å². The van der Waals surface area contributed by atoms with Gasteiger partial charge in [-0.2, -0.15) is 0 Å². The van der Waals surface area contributed by atoms with E-state index in [1.165, 1.54) is 17.5 Å². The number of aromatic nitrogens is 1. The molecular formula is C16H21N3O. The van der Waals surface area contributed by atoms with Crippen molar-refractivity contribution in [1.29, 1.82) is 0 Å². The third-order valence-corrected chi connectivity index (χ3v) is 3.92. The summed E-state index contributed by atoms with van der Waals surface area (Å²) < 4.78 is 1.52. The van der Waals surface area contributed by atoms with Crippen molar-refractivity contribution in [2.45, 2.75) is 26.2 Å². The van der Waals surface area contributed by atoms with Crippen LogP contribution in [0.2, 0.25) is 0 Å². The van der Waals surface area contributed by atoms with Crippen LogP contribution in [0.15, 0.2) is 30.3 Å². The molecule has 4 heteroatoms. The Balaban J connectivity index is 1.91. The Labute approximate surface area is 119 Å². The van der Waals surface area contributed by atoms with Crippen molar-refractivity contribution in [1.82, 2.24) is 9.58 Å². The molecule has 3 rings (SSSR count). The SMILES string of the molecule is CCCN(CC1CC1)C(=O)c1cc2ccccc2n1N. The Morgan fingerprint density at radius 3 is 2.80 bits per heavy atom. The Kier molecular flexibility index (Phi) is 3.38. The van der Waals surface area contributed by atoms with Gasteiger partial charge in [0.2, 0.25) is 0 Å². The van der Waals surface area contributed by atoms with Crippen LogP contribution in [0, 0.1) is 5.92 Å². The second kappa shape index (κ2) is 5.19. The predicted octanol–water partition coefficient (Wildman–Crippen LogP) is 2.62. The van der Waals surface area contributed by atoms with E-state index in [2.05, 4.69) is 6.92 Å². The Morgan fingerprint density at radius 1 is 1.40 bits per heavy atom. The molecule has 1 aliphatic rings. The first kappa shape index (κ1) is 13.0. The molecule has 1 aromatic carbocycles. The average molecular weight is 271 g/mol. The van der Waals surface area contributed by atoms with Crippen LogP contribution in [0.25, 0.3) is 10.9 Å². The van der Waals surface area contributed by atoms with Crippen molar-refractivity contribution >= 4 is 16.8 Å². The van der Waals surface area contributed by atoms with Gasteiger partial charge < -0.3 is 10.7 Å². The molecule has 106 valence electrons. The van der Waals surface area contributed by atoms with Gasteiger partial charge in [0.1, 0.15) is 5.69 Å². The van der Waals surface area contributed by atoms with E-state index < -0.39 is 0 Å². The minimum absolute atomic E-state index is 0.0532. The fourth-order valence-corrected chi connectivity index (χ4v) is 2.66. The minimum Gasteiger partial charge on any atom is -0.338 e. The summed E-state index contributed by atoms with van der Waals surface area (Å²) >= 11 is 0. The number of amides is 1. The van der Waals surface area contributed by atoms with E-state index in [9.17, 15) is 4.79 Å². The summed E-state index contributed by atoms with van der Waals surface area (Å²) in [5, 5.41) is 1.02. The van der Waals surface area contributed by atoms with Crippen LogP contribution in [0.4, 0.5) is 0 Å². The minimum atomic E-state index is 0.0532. The van der Waals surface area contributed by atoms with Crippen LogP contribution in [-0.2, 0) is 0 Å². The standard InChI is InChI=1S/C16H21N3O/c1-2-9-18(11-12-7-8-12)16(20)15-10-13-5-3-4-6-14(13)19(15)17/h3-6,10,12H,2,7-9,11,17H2,1H3. The molecule has 1 aromatic heterocycles. The molecule has 0 radical (unpaired) electrons. The van der Waals surface area contributed by atoms with E-state index in [1.54, 1.807) is 0 Å². The summed E-state index contributed by atoms with van der Waals surface area (Å²) in [5.74, 6) is 6.84. The van der Waals surface area contributed by atoms with Gasteiger partial charge in [-0.05, 0) is 37.3 Å². The van der Waals surface area contributed by atoms with Crippen molar-refractivity contribution in [3.63, 3.8) is 0 Å². The Morgan fingerprint density at radius 2 is 2.15 bits per heavy atom. The monoisotopic (exact) mass is 271 g/mol. The molecule has 1 heterocycles. The second-order valence-corrected chi connectivity index (χ2v) is 5.65. The molecule has 20 heavy (non-hydrogen) atoms. The zero-order chi connectivity index (χ0) is 14.1. The van der Waals surface area contributed by atoms with Crippen LogP contribution in [0.3, 0.4) is 0 Å². The first-order valence-corrected chi connectivity index (χ1v) is 7.35. The highest BCUT2D eigenvalue weighted by Crippen LogP contribution is 2.30. The molecule has 0 saturated heterocycles. The van der Waals surface area contributed by atoms with Crippen molar-refractivity contribution in [2.75, 3.05) is 18.9 Å². The molecule has 2 N–H and O–H groups in total. The lowest BCUT2D eigenvalue weighted by Crippen LogP contribution is -2.35. The molecule has 1 aliphatic carbocycles. The maximum Gasteiger partial charge on any atom is 0.272 e. The number of nitrogen functional groups attached to an aromatic ring is 1. The summed E-state index contributed by atoms with van der Waals surface area (Å²) in [6, 6.07) is 9.73. The van der Waals surface area contributed by atoms with Gasteiger partial charge in [-0.15, -0.1) is 0 Å². The van der Waals surface area contributed by atoms with E-state index in [4.69, 9.17) is 5.84 Å². The zero-order valence-corrected chi connectivity index (χ0v) is 11.9. The van der Waals surface area contributed by atoms with Crippen LogP contribution in [0.1, 0.15) is 36.7 Å². The third-order valence-electron chi connectivity index (χ3n) is 3.92. The van der Waals surface area contributed by atoms with Crippen LogP contribution >= 0.6 is 0 Å². The largest absolute Gasteiger partial charge is 0.338 e. The van der Waals surface area contributed by atoms with Crippen molar-refractivity contribution in [3.8, 4) is 0 Å². The van der Waals surface area contributed by atoms with Gasteiger partial charge >= 0.3 is 0 Å². The molecule has 1 saturated carbocycles. The maximum absolute atomic E-state index is 12.7. The van der Waals surface area contributed by atoms with Crippen LogP contribution in [-0.4, -0.2) is 28.6 Å². The Hall–Kier alpha value is -1.97. The molecule has 1 fully saturated rings. The number of fused-ring (bicyclic) bond motifs is 1. The predicted molar refractivity (Wildman–Crippen MR) is 81.0 cm³/mol. The molecule has 1 amide bonds. The van der Waals surface area contributed by atoms with Crippen molar-refractivity contribution in [2.24, 2.45) is 5.92 Å². The molecule has 0 spiro atoms. The van der Waals surface area contributed by atoms with Crippen LogP contribution < -0.4 is 5.84 Å². The number of benzene rings is 1. The van der Waals surface area contributed by atoms with Gasteiger partial charge in [-0.25, -0.2) is 0 Å². The first-order valence-electron chi connectivity index (χ1n) is 7.35. The molecule has 0 unspecified atom stereocenters. The number of hydrogen-bond donors (Lipinski definition) is 1. The van der Waals surface area contributed by atoms with E-state index in [0.717, 1.165) is 30.4 Å². The highest BCUT2D eigenvalue weighted by atomic mass is 16.2. The molecule has 2 aromatic rings.